The summed E-state index contributed by atoms with van der Waals surface area (Å²) in [5.74, 6) is -0.967. The largest absolute Gasteiger partial charge is 0.478 e. The fraction of sp³-hybridized carbons (Fsp3) is 0.200. The lowest BCUT2D eigenvalue weighted by Crippen LogP contribution is -2.20. The molecule has 5 nitrogen and oxygen atoms in total. The number of amides is 1. The molecule has 0 aliphatic rings. The van der Waals surface area contributed by atoms with Crippen LogP contribution in [-0.2, 0) is 17.8 Å². The van der Waals surface area contributed by atoms with Crippen molar-refractivity contribution in [3.8, 4) is 0 Å². The van der Waals surface area contributed by atoms with E-state index in [0.717, 1.165) is 16.1 Å². The van der Waals surface area contributed by atoms with Gasteiger partial charge in [-0.15, -0.1) is 11.3 Å². The summed E-state index contributed by atoms with van der Waals surface area (Å²) in [4.78, 5) is 23.3. The first kappa shape index (κ1) is 15.1. The van der Waals surface area contributed by atoms with E-state index in [-0.39, 0.29) is 5.91 Å². The number of carbonyl (C=O) groups is 2. The van der Waals surface area contributed by atoms with Crippen LogP contribution in [0, 0.1) is 0 Å². The summed E-state index contributed by atoms with van der Waals surface area (Å²) in [7, 11) is 1.61. The van der Waals surface area contributed by atoms with Crippen molar-refractivity contribution in [2.24, 2.45) is 0 Å². The van der Waals surface area contributed by atoms with Gasteiger partial charge < -0.3 is 15.7 Å². The molecule has 6 heteroatoms. The Morgan fingerprint density at radius 3 is 2.71 bits per heavy atom. The van der Waals surface area contributed by atoms with Gasteiger partial charge in [0.05, 0.1) is 12.0 Å². The second-order valence-electron chi connectivity index (χ2n) is 4.47. The van der Waals surface area contributed by atoms with Crippen LogP contribution in [0.25, 0.3) is 0 Å². The van der Waals surface area contributed by atoms with Gasteiger partial charge >= 0.3 is 5.97 Å². The number of anilines is 1. The van der Waals surface area contributed by atoms with E-state index in [1.54, 1.807) is 18.5 Å². The van der Waals surface area contributed by atoms with Crippen molar-refractivity contribution in [2.75, 3.05) is 12.4 Å². The highest BCUT2D eigenvalue weighted by atomic mass is 32.1. The minimum atomic E-state index is -0.919. The Morgan fingerprint density at radius 1 is 1.29 bits per heavy atom. The Balaban J connectivity index is 2.05. The maximum absolute atomic E-state index is 11.5. The van der Waals surface area contributed by atoms with Gasteiger partial charge in [0.25, 0.3) is 0 Å². The predicted molar refractivity (Wildman–Crippen MR) is 82.8 cm³/mol. The van der Waals surface area contributed by atoms with Gasteiger partial charge in [0.2, 0.25) is 5.91 Å². The molecule has 0 atom stereocenters. The zero-order chi connectivity index (χ0) is 15.2. The molecule has 0 unspecified atom stereocenters. The summed E-state index contributed by atoms with van der Waals surface area (Å²) in [6.07, 6.45) is 0.310. The Bertz CT molecular complexity index is 652. The number of carboxylic acid groups (broad SMARTS) is 1. The van der Waals surface area contributed by atoms with Gasteiger partial charge in [-0.2, -0.15) is 0 Å². The van der Waals surface area contributed by atoms with E-state index >= 15 is 0 Å². The molecule has 1 amide bonds. The monoisotopic (exact) mass is 304 g/mol. The molecule has 1 aromatic heterocycles. The number of carboxylic acids is 1. The van der Waals surface area contributed by atoms with Gasteiger partial charge in [-0.3, -0.25) is 4.79 Å². The number of hydrogen-bond acceptors (Lipinski definition) is 4. The van der Waals surface area contributed by atoms with Crippen LogP contribution in [0.3, 0.4) is 0 Å². The van der Waals surface area contributed by atoms with E-state index in [1.165, 1.54) is 11.3 Å². The third-order valence-corrected chi connectivity index (χ3v) is 3.94. The van der Waals surface area contributed by atoms with E-state index in [1.807, 2.05) is 24.3 Å². The minimum Gasteiger partial charge on any atom is -0.478 e. The molecule has 1 heterocycles. The van der Waals surface area contributed by atoms with Crippen molar-refractivity contribution in [1.82, 2.24) is 5.32 Å². The van der Waals surface area contributed by atoms with Crippen LogP contribution in [0.5, 0.6) is 0 Å². The van der Waals surface area contributed by atoms with Crippen LogP contribution in [0.4, 0.5) is 5.69 Å². The lowest BCUT2D eigenvalue weighted by Gasteiger charge is -2.10. The number of rotatable bonds is 6. The Hall–Kier alpha value is -2.34. The van der Waals surface area contributed by atoms with Gasteiger partial charge in [0, 0.05) is 29.5 Å². The van der Waals surface area contributed by atoms with Gasteiger partial charge in [0.1, 0.15) is 0 Å². The summed E-state index contributed by atoms with van der Waals surface area (Å²) in [6.45, 7) is 0.530. The lowest BCUT2D eigenvalue weighted by atomic mass is 10.1. The molecule has 110 valence electrons. The fourth-order valence-corrected chi connectivity index (χ4v) is 2.67. The first-order chi connectivity index (χ1) is 10.1. The number of benzene rings is 1. The first-order valence-corrected chi connectivity index (χ1v) is 7.31. The molecule has 0 saturated carbocycles. The summed E-state index contributed by atoms with van der Waals surface area (Å²) >= 11 is 1.40. The third-order valence-electron chi connectivity index (χ3n) is 3.00. The third kappa shape index (κ3) is 4.06. The summed E-state index contributed by atoms with van der Waals surface area (Å²) in [5, 5.41) is 16.4. The maximum atomic E-state index is 11.5. The molecule has 2 rings (SSSR count). The van der Waals surface area contributed by atoms with Gasteiger partial charge in [-0.1, -0.05) is 18.2 Å². The van der Waals surface area contributed by atoms with Gasteiger partial charge in [-0.05, 0) is 17.7 Å². The first-order valence-electron chi connectivity index (χ1n) is 6.43. The summed E-state index contributed by atoms with van der Waals surface area (Å²) in [6, 6.07) is 9.24. The highest BCUT2D eigenvalue weighted by Crippen LogP contribution is 2.20. The quantitative estimate of drug-likeness (QED) is 0.765. The number of nitrogens with one attached hydrogen (secondary N) is 2. The van der Waals surface area contributed by atoms with E-state index in [9.17, 15) is 9.59 Å². The summed E-state index contributed by atoms with van der Waals surface area (Å²) < 4.78 is 0. The normalized spacial score (nSPS) is 10.1. The standard InChI is InChI=1S/C15H16N2O3S/c1-16-14(18)7-10-4-2-3-5-13(10)17-8-12-6-11(9-21-12)15(19)20/h2-6,9,17H,7-8H2,1H3,(H,16,18)(H,19,20). The molecule has 0 bridgehead atoms. The van der Waals surface area contributed by atoms with Crippen molar-refractivity contribution in [2.45, 2.75) is 13.0 Å². The predicted octanol–water partition coefficient (Wildman–Crippen LogP) is 2.35. The number of carbonyl (C=O) groups excluding carboxylic acids is 1. The van der Waals surface area contributed by atoms with E-state index in [4.69, 9.17) is 5.11 Å². The van der Waals surface area contributed by atoms with Gasteiger partial charge in [-0.25, -0.2) is 4.79 Å². The number of thiophene rings is 1. The topological polar surface area (TPSA) is 78.4 Å². The average Bonchev–Trinajstić information content (AvgIpc) is 2.95. The molecular weight excluding hydrogens is 288 g/mol. The van der Waals surface area contributed by atoms with Crippen LogP contribution in [-0.4, -0.2) is 24.0 Å². The molecule has 0 aliphatic heterocycles. The van der Waals surface area contributed by atoms with E-state index < -0.39 is 5.97 Å². The molecule has 0 fully saturated rings. The maximum Gasteiger partial charge on any atom is 0.336 e. The molecule has 0 aliphatic carbocycles. The van der Waals surface area contributed by atoms with Crippen molar-refractivity contribution < 1.29 is 14.7 Å². The van der Waals surface area contributed by atoms with Crippen LogP contribution < -0.4 is 10.6 Å². The molecule has 21 heavy (non-hydrogen) atoms. The zero-order valence-electron chi connectivity index (χ0n) is 11.6. The van der Waals surface area contributed by atoms with Crippen molar-refractivity contribution in [3.05, 3.63) is 51.7 Å². The van der Waals surface area contributed by atoms with E-state index in [2.05, 4.69) is 10.6 Å². The Kier molecular flexibility index (Phi) is 4.94. The fourth-order valence-electron chi connectivity index (χ4n) is 1.88. The van der Waals surface area contributed by atoms with Crippen molar-refractivity contribution in [1.29, 1.82) is 0 Å². The molecule has 0 radical (unpaired) electrons. The Morgan fingerprint density at radius 2 is 2.05 bits per heavy atom. The number of para-hydroxylation sites is 1. The molecule has 3 N–H and O–H groups in total. The Labute approximate surface area is 126 Å². The highest BCUT2D eigenvalue weighted by molar-refractivity contribution is 7.10. The van der Waals surface area contributed by atoms with Crippen LogP contribution in [0.2, 0.25) is 0 Å². The molecule has 0 spiro atoms. The molecule has 0 saturated heterocycles. The average molecular weight is 304 g/mol. The number of aromatic carboxylic acids is 1. The lowest BCUT2D eigenvalue weighted by molar-refractivity contribution is -0.119. The van der Waals surface area contributed by atoms with Crippen LogP contribution in [0.1, 0.15) is 20.8 Å². The zero-order valence-corrected chi connectivity index (χ0v) is 12.4. The van der Waals surface area contributed by atoms with Crippen LogP contribution >= 0.6 is 11.3 Å². The van der Waals surface area contributed by atoms with Crippen LogP contribution in [0.15, 0.2) is 35.7 Å². The van der Waals surface area contributed by atoms with E-state index in [0.29, 0.717) is 18.5 Å². The number of hydrogen-bond donors (Lipinski definition) is 3. The second-order valence-corrected chi connectivity index (χ2v) is 5.46. The number of likely N-dealkylation sites (N-methyl/N-ethyl adjacent to an activating group) is 1. The summed E-state index contributed by atoms with van der Waals surface area (Å²) in [5.41, 5.74) is 2.09. The van der Waals surface area contributed by atoms with Crippen molar-refractivity contribution in [3.63, 3.8) is 0 Å². The highest BCUT2D eigenvalue weighted by Gasteiger charge is 2.08. The minimum absolute atomic E-state index is 0.0477. The molecule has 1 aromatic carbocycles. The molecule has 2 aromatic rings. The van der Waals surface area contributed by atoms with Crippen molar-refractivity contribution >= 4 is 28.9 Å². The van der Waals surface area contributed by atoms with Gasteiger partial charge in [0.15, 0.2) is 0 Å². The molecular formula is C15H16N2O3S. The smallest absolute Gasteiger partial charge is 0.336 e. The second kappa shape index (κ2) is 6.90. The SMILES string of the molecule is CNC(=O)Cc1ccccc1NCc1cc(C(=O)O)cs1.